The minimum atomic E-state index is 0.213. The van der Waals surface area contributed by atoms with Crippen LogP contribution in [0.4, 0.5) is 5.69 Å². The first-order valence-corrected chi connectivity index (χ1v) is 9.15. The molecule has 2 heterocycles. The molecule has 0 radical (unpaired) electrons. The van der Waals surface area contributed by atoms with Gasteiger partial charge in [0.05, 0.1) is 0 Å². The molecule has 21 heavy (non-hydrogen) atoms. The van der Waals surface area contributed by atoms with Gasteiger partial charge in [0.25, 0.3) is 0 Å². The number of halogens is 1. The van der Waals surface area contributed by atoms with Crippen molar-refractivity contribution >= 4 is 29.1 Å². The average molecular weight is 326 g/mol. The first kappa shape index (κ1) is 15.5. The van der Waals surface area contributed by atoms with Crippen molar-refractivity contribution in [2.24, 2.45) is 5.73 Å². The Morgan fingerprint density at radius 1 is 1.33 bits per heavy atom. The average Bonchev–Trinajstić information content (AvgIpc) is 2.89. The molecule has 5 heteroatoms. The zero-order valence-electron chi connectivity index (χ0n) is 12.6. The quantitative estimate of drug-likeness (QED) is 0.926. The lowest BCUT2D eigenvalue weighted by molar-refractivity contribution is 0.0904. The van der Waals surface area contributed by atoms with Crippen LogP contribution in [0.25, 0.3) is 0 Å². The van der Waals surface area contributed by atoms with Crippen LogP contribution in [0, 0.1) is 0 Å². The van der Waals surface area contributed by atoms with Crippen molar-refractivity contribution in [3.8, 4) is 0 Å². The summed E-state index contributed by atoms with van der Waals surface area (Å²) in [4.78, 5) is 5.07. The van der Waals surface area contributed by atoms with Gasteiger partial charge in [0, 0.05) is 54.2 Å². The Bertz CT molecular complexity index is 490. The van der Waals surface area contributed by atoms with Crippen LogP contribution in [0.3, 0.4) is 0 Å². The molecule has 2 fully saturated rings. The first-order valence-electron chi connectivity index (χ1n) is 7.73. The molecule has 0 aromatic heterocycles. The zero-order valence-corrected chi connectivity index (χ0v) is 14.2. The molecule has 2 atom stereocenters. The van der Waals surface area contributed by atoms with Crippen LogP contribution in [0.1, 0.15) is 13.3 Å². The van der Waals surface area contributed by atoms with Crippen LogP contribution in [-0.4, -0.2) is 54.2 Å². The van der Waals surface area contributed by atoms with Crippen LogP contribution in [0.2, 0.25) is 5.02 Å². The molecule has 3 rings (SSSR count). The highest BCUT2D eigenvalue weighted by molar-refractivity contribution is 8.00. The van der Waals surface area contributed by atoms with Crippen LogP contribution < -0.4 is 10.6 Å². The highest BCUT2D eigenvalue weighted by atomic mass is 35.5. The highest BCUT2D eigenvalue weighted by Gasteiger charge is 2.45. The van der Waals surface area contributed by atoms with E-state index in [4.69, 9.17) is 17.3 Å². The number of thioether (sulfide) groups is 1. The summed E-state index contributed by atoms with van der Waals surface area (Å²) in [6.45, 7) is 7.41. The summed E-state index contributed by atoms with van der Waals surface area (Å²) in [7, 11) is 0. The summed E-state index contributed by atoms with van der Waals surface area (Å²) < 4.78 is 0. The van der Waals surface area contributed by atoms with E-state index in [2.05, 4.69) is 40.6 Å². The molecule has 0 saturated carbocycles. The lowest BCUT2D eigenvalue weighted by atomic mass is 9.89. The lowest BCUT2D eigenvalue weighted by Crippen LogP contribution is -2.62. The lowest BCUT2D eigenvalue weighted by Gasteiger charge is -2.48. The second kappa shape index (κ2) is 6.37. The third-order valence-electron chi connectivity index (χ3n) is 5.10. The molecular formula is C16H24ClN3S. The van der Waals surface area contributed by atoms with Crippen molar-refractivity contribution in [1.29, 1.82) is 0 Å². The molecule has 0 amide bonds. The molecule has 1 aromatic carbocycles. The fourth-order valence-corrected chi connectivity index (χ4v) is 5.35. The van der Waals surface area contributed by atoms with Gasteiger partial charge in [-0.25, -0.2) is 0 Å². The Morgan fingerprint density at radius 2 is 2.10 bits per heavy atom. The SMILES string of the molecule is CC1SCCC1(CN)N1CCN(c2cccc(Cl)c2)CC1. The van der Waals surface area contributed by atoms with Crippen LogP contribution in [0.5, 0.6) is 0 Å². The van der Waals surface area contributed by atoms with Crippen LogP contribution >= 0.6 is 23.4 Å². The van der Waals surface area contributed by atoms with E-state index in [1.54, 1.807) is 0 Å². The van der Waals surface area contributed by atoms with Gasteiger partial charge in [-0.1, -0.05) is 24.6 Å². The second-order valence-corrected chi connectivity index (χ2v) is 7.91. The zero-order chi connectivity index (χ0) is 14.9. The number of hydrogen-bond donors (Lipinski definition) is 1. The van der Waals surface area contributed by atoms with Crippen molar-refractivity contribution in [1.82, 2.24) is 4.90 Å². The van der Waals surface area contributed by atoms with Gasteiger partial charge in [0.2, 0.25) is 0 Å². The topological polar surface area (TPSA) is 32.5 Å². The van der Waals surface area contributed by atoms with Gasteiger partial charge in [-0.15, -0.1) is 0 Å². The summed E-state index contributed by atoms with van der Waals surface area (Å²) >= 11 is 8.17. The normalized spacial score (nSPS) is 30.8. The molecule has 2 aliphatic heterocycles. The van der Waals surface area contributed by atoms with Crippen molar-refractivity contribution in [3.63, 3.8) is 0 Å². The minimum Gasteiger partial charge on any atom is -0.369 e. The maximum Gasteiger partial charge on any atom is 0.0456 e. The fourth-order valence-electron chi connectivity index (χ4n) is 3.67. The van der Waals surface area contributed by atoms with E-state index in [0.717, 1.165) is 37.7 Å². The molecule has 2 unspecified atom stereocenters. The Kier molecular flexibility index (Phi) is 4.69. The Balaban J connectivity index is 1.67. The van der Waals surface area contributed by atoms with Gasteiger partial charge in [-0.2, -0.15) is 11.8 Å². The van der Waals surface area contributed by atoms with Gasteiger partial charge in [-0.3, -0.25) is 4.90 Å². The molecule has 3 nitrogen and oxygen atoms in total. The standard InChI is InChI=1S/C16H24ClN3S/c1-13-16(12-18,5-10-21-13)20-8-6-19(7-9-20)15-4-2-3-14(17)11-15/h2-4,11,13H,5-10,12,18H2,1H3. The number of nitrogens with two attached hydrogens (primary N) is 1. The van der Waals surface area contributed by atoms with E-state index in [1.165, 1.54) is 17.9 Å². The van der Waals surface area contributed by atoms with Gasteiger partial charge >= 0.3 is 0 Å². The molecule has 2 saturated heterocycles. The van der Waals surface area contributed by atoms with E-state index >= 15 is 0 Å². The molecule has 0 aliphatic carbocycles. The fraction of sp³-hybridized carbons (Fsp3) is 0.625. The molecule has 0 bridgehead atoms. The molecular weight excluding hydrogens is 302 g/mol. The summed E-state index contributed by atoms with van der Waals surface area (Å²) in [6, 6.07) is 8.17. The third-order valence-corrected chi connectivity index (χ3v) is 6.71. The third kappa shape index (κ3) is 2.91. The van der Waals surface area contributed by atoms with Gasteiger partial charge < -0.3 is 10.6 Å². The van der Waals surface area contributed by atoms with E-state index in [0.29, 0.717) is 5.25 Å². The number of hydrogen-bond acceptors (Lipinski definition) is 4. The number of anilines is 1. The minimum absolute atomic E-state index is 0.213. The molecule has 2 N–H and O–H groups in total. The monoisotopic (exact) mass is 325 g/mol. The van der Waals surface area contributed by atoms with E-state index < -0.39 is 0 Å². The van der Waals surface area contributed by atoms with Crippen molar-refractivity contribution in [2.45, 2.75) is 24.1 Å². The maximum atomic E-state index is 6.17. The van der Waals surface area contributed by atoms with Crippen molar-refractivity contribution < 1.29 is 0 Å². The smallest absolute Gasteiger partial charge is 0.0456 e. The Morgan fingerprint density at radius 3 is 2.67 bits per heavy atom. The second-order valence-electron chi connectivity index (χ2n) is 6.02. The number of rotatable bonds is 3. The molecule has 2 aliphatic rings. The van der Waals surface area contributed by atoms with Crippen LogP contribution in [-0.2, 0) is 0 Å². The first-order chi connectivity index (χ1) is 10.2. The van der Waals surface area contributed by atoms with E-state index in [-0.39, 0.29) is 5.54 Å². The van der Waals surface area contributed by atoms with Gasteiger partial charge in [-0.05, 0) is 30.4 Å². The number of benzene rings is 1. The van der Waals surface area contributed by atoms with Crippen molar-refractivity contribution in [2.75, 3.05) is 43.4 Å². The summed E-state index contributed by atoms with van der Waals surface area (Å²) in [6.07, 6.45) is 1.23. The highest BCUT2D eigenvalue weighted by Crippen LogP contribution is 2.40. The largest absolute Gasteiger partial charge is 0.369 e. The van der Waals surface area contributed by atoms with Crippen LogP contribution in [0.15, 0.2) is 24.3 Å². The van der Waals surface area contributed by atoms with Gasteiger partial charge in [0.15, 0.2) is 0 Å². The van der Waals surface area contributed by atoms with E-state index in [1.807, 2.05) is 12.1 Å². The number of nitrogens with zero attached hydrogens (tertiary/aromatic N) is 2. The summed E-state index contributed by atoms with van der Waals surface area (Å²) in [5.74, 6) is 1.24. The maximum absolute atomic E-state index is 6.17. The molecule has 0 spiro atoms. The Hall–Kier alpha value is -0.420. The Labute approximate surface area is 136 Å². The van der Waals surface area contributed by atoms with Gasteiger partial charge in [0.1, 0.15) is 0 Å². The predicted octanol–water partition coefficient (Wildman–Crippen LogP) is 2.68. The molecule has 1 aromatic rings. The summed E-state index contributed by atoms with van der Waals surface area (Å²) in [5, 5.41) is 1.45. The predicted molar refractivity (Wildman–Crippen MR) is 93.6 cm³/mol. The van der Waals surface area contributed by atoms with E-state index in [9.17, 15) is 0 Å². The van der Waals surface area contributed by atoms with Crippen molar-refractivity contribution in [3.05, 3.63) is 29.3 Å². The molecule has 116 valence electrons. The number of piperazine rings is 1. The summed E-state index contributed by atoms with van der Waals surface area (Å²) in [5.41, 5.74) is 7.62.